The van der Waals surface area contributed by atoms with Gasteiger partial charge >= 0.3 is 0 Å². The van der Waals surface area contributed by atoms with Gasteiger partial charge in [0.1, 0.15) is 0 Å². The van der Waals surface area contributed by atoms with Crippen molar-refractivity contribution in [1.29, 1.82) is 0 Å². The average molecular weight is 413 g/mol. The summed E-state index contributed by atoms with van der Waals surface area (Å²) in [5.74, 6) is 0.798. The number of nitrogens with zero attached hydrogens (tertiary/aromatic N) is 1. The van der Waals surface area contributed by atoms with Crippen LogP contribution in [0.1, 0.15) is 49.0 Å². The van der Waals surface area contributed by atoms with Crippen LogP contribution in [0.3, 0.4) is 0 Å². The quantitative estimate of drug-likeness (QED) is 0.826. The van der Waals surface area contributed by atoms with Crippen LogP contribution in [0.25, 0.3) is 0 Å². The minimum atomic E-state index is -3.71. The molecule has 1 saturated carbocycles. The Balaban J connectivity index is 1.56. The smallest absolute Gasteiger partial charge is 0.264 e. The molecule has 1 N–H and O–H groups in total. The Bertz CT molecular complexity index is 1020. The number of fused-ring (bicyclic) bond motifs is 1. The normalized spacial score (nSPS) is 24.2. The van der Waals surface area contributed by atoms with Gasteiger partial charge in [0.2, 0.25) is 0 Å². The van der Waals surface area contributed by atoms with Crippen molar-refractivity contribution >= 4 is 21.6 Å². The highest BCUT2D eigenvalue weighted by Gasteiger charge is 2.32. The molecular weight excluding hydrogens is 384 g/mol. The van der Waals surface area contributed by atoms with Gasteiger partial charge < -0.3 is 5.32 Å². The van der Waals surface area contributed by atoms with Gasteiger partial charge in [0, 0.05) is 18.2 Å². The third-order valence-corrected chi connectivity index (χ3v) is 8.36. The molecule has 0 radical (unpaired) electrons. The number of sulfonamides is 1. The molecule has 0 unspecified atom stereocenters. The van der Waals surface area contributed by atoms with E-state index < -0.39 is 10.0 Å². The maximum atomic E-state index is 13.3. The molecule has 5 nitrogen and oxygen atoms in total. The maximum absolute atomic E-state index is 13.3. The molecule has 2 aromatic carbocycles. The molecule has 2 aromatic rings. The molecule has 1 heterocycles. The number of carbonyl (C=O) groups is 1. The molecular formula is C23H28N2O3S. The zero-order chi connectivity index (χ0) is 20.6. The van der Waals surface area contributed by atoms with Gasteiger partial charge in [-0.05, 0) is 54.5 Å². The highest BCUT2D eigenvalue weighted by Crippen LogP contribution is 2.33. The van der Waals surface area contributed by atoms with Crippen molar-refractivity contribution in [2.24, 2.45) is 11.8 Å². The van der Waals surface area contributed by atoms with Crippen molar-refractivity contribution in [3.63, 3.8) is 0 Å². The molecule has 1 fully saturated rings. The lowest BCUT2D eigenvalue weighted by Gasteiger charge is -2.34. The molecule has 0 spiro atoms. The second kappa shape index (κ2) is 7.82. The molecule has 1 aliphatic carbocycles. The number of rotatable bonds is 4. The Labute approximate surface area is 173 Å². The van der Waals surface area contributed by atoms with E-state index in [1.807, 2.05) is 24.3 Å². The Morgan fingerprint density at radius 3 is 2.69 bits per heavy atom. The van der Waals surface area contributed by atoms with Gasteiger partial charge in [-0.15, -0.1) is 0 Å². The number of carbonyl (C=O) groups excluding carboxylic acids is 1. The van der Waals surface area contributed by atoms with Gasteiger partial charge in [-0.1, -0.05) is 51.0 Å². The first-order valence-corrected chi connectivity index (χ1v) is 11.8. The number of nitrogens with one attached hydrogen (secondary N) is 1. The first-order chi connectivity index (χ1) is 13.9. The monoisotopic (exact) mass is 412 g/mol. The summed E-state index contributed by atoms with van der Waals surface area (Å²) in [6.07, 6.45) is 3.98. The molecule has 0 saturated heterocycles. The molecule has 2 aliphatic rings. The maximum Gasteiger partial charge on any atom is 0.264 e. The lowest BCUT2D eigenvalue weighted by Crippen LogP contribution is -2.43. The number of para-hydroxylation sites is 1. The van der Waals surface area contributed by atoms with E-state index in [-0.39, 0.29) is 16.8 Å². The van der Waals surface area contributed by atoms with Gasteiger partial charge in [-0.3, -0.25) is 9.10 Å². The van der Waals surface area contributed by atoms with Crippen LogP contribution in [0.5, 0.6) is 0 Å². The summed E-state index contributed by atoms with van der Waals surface area (Å²) in [5.41, 5.74) is 2.15. The van der Waals surface area contributed by atoms with Crippen LogP contribution in [-0.2, 0) is 16.4 Å². The van der Waals surface area contributed by atoms with E-state index in [2.05, 4.69) is 19.2 Å². The van der Waals surface area contributed by atoms with Crippen LogP contribution in [-0.4, -0.2) is 26.9 Å². The zero-order valence-electron chi connectivity index (χ0n) is 17.0. The van der Waals surface area contributed by atoms with E-state index in [1.54, 1.807) is 18.2 Å². The van der Waals surface area contributed by atoms with Crippen molar-refractivity contribution in [2.45, 2.75) is 50.5 Å². The minimum absolute atomic E-state index is 0.136. The molecule has 29 heavy (non-hydrogen) atoms. The van der Waals surface area contributed by atoms with Crippen LogP contribution in [0, 0.1) is 11.8 Å². The largest absolute Gasteiger partial charge is 0.349 e. The predicted octanol–water partition coefficient (Wildman–Crippen LogP) is 3.99. The standard InChI is InChI=1S/C23H28N2O3S/c1-16-7-5-11-21(17(16)2)24-23(26)19-9-6-10-20(15-19)29(27,28)25-14-13-18-8-3-4-12-22(18)25/h3-4,6,8-10,12,15-17,21H,5,7,11,13-14H2,1-2H3,(H,24,26)/t16-,17+,21+/m0/s1. The van der Waals surface area contributed by atoms with Gasteiger partial charge in [-0.2, -0.15) is 0 Å². The molecule has 1 aliphatic heterocycles. The van der Waals surface area contributed by atoms with E-state index >= 15 is 0 Å². The molecule has 154 valence electrons. The van der Waals surface area contributed by atoms with Crippen LogP contribution >= 0.6 is 0 Å². The highest BCUT2D eigenvalue weighted by molar-refractivity contribution is 7.92. The summed E-state index contributed by atoms with van der Waals surface area (Å²) in [6, 6.07) is 14.1. The van der Waals surface area contributed by atoms with Gasteiger partial charge in [-0.25, -0.2) is 8.42 Å². The third kappa shape index (κ3) is 3.78. The summed E-state index contributed by atoms with van der Waals surface area (Å²) in [6.45, 7) is 4.83. The Kier molecular flexibility index (Phi) is 5.38. The zero-order valence-corrected chi connectivity index (χ0v) is 17.8. The number of benzene rings is 2. The molecule has 4 rings (SSSR count). The van der Waals surface area contributed by atoms with Crippen LogP contribution < -0.4 is 9.62 Å². The van der Waals surface area contributed by atoms with Gasteiger partial charge in [0.25, 0.3) is 15.9 Å². The Morgan fingerprint density at radius 1 is 1.07 bits per heavy atom. The first-order valence-electron chi connectivity index (χ1n) is 10.4. The number of hydrogen-bond acceptors (Lipinski definition) is 3. The Morgan fingerprint density at radius 2 is 1.86 bits per heavy atom. The number of hydrogen-bond donors (Lipinski definition) is 1. The van der Waals surface area contributed by atoms with Crippen molar-refractivity contribution in [3.8, 4) is 0 Å². The topological polar surface area (TPSA) is 66.5 Å². The van der Waals surface area contributed by atoms with Crippen molar-refractivity contribution in [2.75, 3.05) is 10.8 Å². The van der Waals surface area contributed by atoms with Gasteiger partial charge in [0.05, 0.1) is 10.6 Å². The number of amides is 1. The third-order valence-electron chi connectivity index (χ3n) is 6.55. The van der Waals surface area contributed by atoms with E-state index in [0.717, 1.165) is 24.1 Å². The van der Waals surface area contributed by atoms with Crippen LogP contribution in [0.15, 0.2) is 53.4 Å². The average Bonchev–Trinajstić information content (AvgIpc) is 3.16. The van der Waals surface area contributed by atoms with Gasteiger partial charge in [0.15, 0.2) is 0 Å². The molecule has 1 amide bonds. The van der Waals surface area contributed by atoms with Crippen LogP contribution in [0.2, 0.25) is 0 Å². The SMILES string of the molecule is C[C@@H]1[C@@H](C)CCC[C@H]1NC(=O)c1cccc(S(=O)(=O)N2CCc3ccccc32)c1. The van der Waals surface area contributed by atoms with E-state index in [9.17, 15) is 13.2 Å². The first kappa shape index (κ1) is 20.0. The molecule has 6 heteroatoms. The van der Waals surface area contributed by atoms with Crippen LogP contribution in [0.4, 0.5) is 5.69 Å². The van der Waals surface area contributed by atoms with Crippen molar-refractivity contribution in [1.82, 2.24) is 5.32 Å². The fraction of sp³-hybridized carbons (Fsp3) is 0.435. The fourth-order valence-electron chi connectivity index (χ4n) is 4.52. The second-order valence-corrected chi connectivity index (χ2v) is 10.2. The highest BCUT2D eigenvalue weighted by atomic mass is 32.2. The second-order valence-electron chi connectivity index (χ2n) is 8.33. The predicted molar refractivity (Wildman–Crippen MR) is 115 cm³/mol. The van der Waals surface area contributed by atoms with E-state index in [4.69, 9.17) is 0 Å². The van der Waals surface area contributed by atoms with Crippen molar-refractivity contribution in [3.05, 3.63) is 59.7 Å². The van der Waals surface area contributed by atoms with E-state index in [0.29, 0.717) is 30.4 Å². The Hall–Kier alpha value is -2.34. The van der Waals surface area contributed by atoms with Crippen molar-refractivity contribution < 1.29 is 13.2 Å². The summed E-state index contributed by atoms with van der Waals surface area (Å²) in [5, 5.41) is 3.13. The lowest BCUT2D eigenvalue weighted by molar-refractivity contribution is 0.0891. The summed E-state index contributed by atoms with van der Waals surface area (Å²) in [7, 11) is -3.71. The summed E-state index contributed by atoms with van der Waals surface area (Å²) in [4.78, 5) is 13.0. The molecule has 0 aromatic heterocycles. The summed E-state index contributed by atoms with van der Waals surface area (Å²) >= 11 is 0. The lowest BCUT2D eigenvalue weighted by atomic mass is 9.78. The molecule has 0 bridgehead atoms. The fourth-order valence-corrected chi connectivity index (χ4v) is 6.07. The molecule has 3 atom stereocenters. The summed E-state index contributed by atoms with van der Waals surface area (Å²) < 4.78 is 28.0. The number of anilines is 1. The minimum Gasteiger partial charge on any atom is -0.349 e. The van der Waals surface area contributed by atoms with E-state index in [1.165, 1.54) is 16.8 Å².